The Balaban J connectivity index is 1.96. The molecular formula is C13H19ClN4S. The highest BCUT2D eigenvalue weighted by atomic mass is 35.5. The summed E-state index contributed by atoms with van der Waals surface area (Å²) in [4.78, 5) is 14.3. The zero-order chi connectivity index (χ0) is 13.8. The first-order valence-electron chi connectivity index (χ1n) is 6.29. The van der Waals surface area contributed by atoms with Gasteiger partial charge in [0.2, 0.25) is 0 Å². The smallest absolute Gasteiger partial charge is 0.145 e. The summed E-state index contributed by atoms with van der Waals surface area (Å²) < 4.78 is 0. The van der Waals surface area contributed by atoms with Crippen molar-refractivity contribution in [1.82, 2.24) is 19.8 Å². The molecule has 104 valence electrons. The van der Waals surface area contributed by atoms with Gasteiger partial charge in [0.25, 0.3) is 0 Å². The van der Waals surface area contributed by atoms with Crippen LogP contribution in [-0.2, 0) is 6.54 Å². The fourth-order valence-corrected chi connectivity index (χ4v) is 3.00. The van der Waals surface area contributed by atoms with Crippen molar-refractivity contribution < 1.29 is 0 Å². The van der Waals surface area contributed by atoms with E-state index in [1.807, 2.05) is 11.4 Å². The fraction of sp³-hybridized carbons (Fsp3) is 0.538. The van der Waals surface area contributed by atoms with Crippen molar-refractivity contribution in [3.05, 3.63) is 22.4 Å². The average molecular weight is 299 g/mol. The second kappa shape index (κ2) is 6.61. The molecule has 0 amide bonds. The maximum Gasteiger partial charge on any atom is 0.145 e. The Morgan fingerprint density at radius 3 is 2.74 bits per heavy atom. The largest absolute Gasteiger partial charge is 0.309 e. The highest BCUT2D eigenvalue weighted by Gasteiger charge is 2.09. The van der Waals surface area contributed by atoms with Gasteiger partial charge in [-0.15, -0.1) is 11.3 Å². The minimum atomic E-state index is 0.558. The van der Waals surface area contributed by atoms with E-state index in [9.17, 15) is 0 Å². The highest BCUT2D eigenvalue weighted by Crippen LogP contribution is 2.24. The third kappa shape index (κ3) is 4.11. The molecule has 0 aliphatic carbocycles. The van der Waals surface area contributed by atoms with Gasteiger partial charge in [-0.2, -0.15) is 0 Å². The number of rotatable bonds is 6. The third-order valence-electron chi connectivity index (χ3n) is 2.88. The minimum absolute atomic E-state index is 0.558. The van der Waals surface area contributed by atoms with Gasteiger partial charge >= 0.3 is 0 Å². The van der Waals surface area contributed by atoms with Gasteiger partial charge in [-0.3, -0.25) is 4.90 Å². The van der Waals surface area contributed by atoms with E-state index in [0.717, 1.165) is 42.1 Å². The summed E-state index contributed by atoms with van der Waals surface area (Å²) in [5, 5.41) is 3.50. The predicted molar refractivity (Wildman–Crippen MR) is 81.9 cm³/mol. The highest BCUT2D eigenvalue weighted by molar-refractivity contribution is 7.16. The van der Waals surface area contributed by atoms with Crippen molar-refractivity contribution in [3.8, 4) is 0 Å². The SMILES string of the molecule is CN(C)CCCN(C)Cc1nc(Cl)c2ccsc2n1. The molecule has 0 saturated carbocycles. The van der Waals surface area contributed by atoms with Crippen molar-refractivity contribution in [2.75, 3.05) is 34.2 Å². The van der Waals surface area contributed by atoms with Gasteiger partial charge in [0, 0.05) is 5.39 Å². The first-order valence-corrected chi connectivity index (χ1v) is 7.55. The monoisotopic (exact) mass is 298 g/mol. The molecule has 0 aliphatic rings. The molecule has 6 heteroatoms. The molecule has 0 bridgehead atoms. The maximum absolute atomic E-state index is 6.16. The molecule has 0 spiro atoms. The van der Waals surface area contributed by atoms with Crippen molar-refractivity contribution >= 4 is 33.2 Å². The van der Waals surface area contributed by atoms with Crippen LogP contribution in [0.15, 0.2) is 11.4 Å². The van der Waals surface area contributed by atoms with E-state index in [4.69, 9.17) is 11.6 Å². The van der Waals surface area contributed by atoms with Crippen LogP contribution in [0.4, 0.5) is 0 Å². The molecule has 0 saturated heterocycles. The Morgan fingerprint density at radius 2 is 2.00 bits per heavy atom. The lowest BCUT2D eigenvalue weighted by atomic mass is 10.3. The number of thiophene rings is 1. The van der Waals surface area contributed by atoms with Crippen LogP contribution >= 0.6 is 22.9 Å². The molecule has 4 nitrogen and oxygen atoms in total. The second-order valence-electron chi connectivity index (χ2n) is 4.96. The van der Waals surface area contributed by atoms with Gasteiger partial charge in [0.15, 0.2) is 0 Å². The lowest BCUT2D eigenvalue weighted by Crippen LogP contribution is -2.24. The van der Waals surface area contributed by atoms with Crippen LogP contribution in [0.25, 0.3) is 10.2 Å². The summed E-state index contributed by atoms with van der Waals surface area (Å²) in [6, 6.07) is 1.97. The fourth-order valence-electron chi connectivity index (χ4n) is 1.91. The molecule has 0 fully saturated rings. The lowest BCUT2D eigenvalue weighted by molar-refractivity contribution is 0.289. The van der Waals surface area contributed by atoms with E-state index >= 15 is 0 Å². The predicted octanol–water partition coefficient (Wildman–Crippen LogP) is 2.73. The number of halogens is 1. The van der Waals surface area contributed by atoms with Crippen LogP contribution in [0, 0.1) is 0 Å². The number of aromatic nitrogens is 2. The van der Waals surface area contributed by atoms with Crippen LogP contribution in [0.5, 0.6) is 0 Å². The Morgan fingerprint density at radius 1 is 1.21 bits per heavy atom. The van der Waals surface area contributed by atoms with Gasteiger partial charge in [-0.25, -0.2) is 9.97 Å². The van der Waals surface area contributed by atoms with Crippen LogP contribution in [-0.4, -0.2) is 54.0 Å². The molecule has 2 aromatic heterocycles. The number of hydrogen-bond donors (Lipinski definition) is 0. The summed E-state index contributed by atoms with van der Waals surface area (Å²) in [7, 11) is 6.27. The molecular weight excluding hydrogens is 280 g/mol. The quantitative estimate of drug-likeness (QED) is 0.768. The summed E-state index contributed by atoms with van der Waals surface area (Å²) in [5.74, 6) is 0.798. The Labute approximate surface area is 123 Å². The zero-order valence-corrected chi connectivity index (χ0v) is 13.1. The van der Waals surface area contributed by atoms with E-state index in [2.05, 4.69) is 40.9 Å². The van der Waals surface area contributed by atoms with Crippen molar-refractivity contribution in [1.29, 1.82) is 0 Å². The molecule has 0 aliphatic heterocycles. The van der Waals surface area contributed by atoms with Gasteiger partial charge in [0.1, 0.15) is 15.8 Å². The molecule has 2 aromatic rings. The normalized spacial score (nSPS) is 11.9. The topological polar surface area (TPSA) is 32.3 Å². The first kappa shape index (κ1) is 14.7. The number of fused-ring (bicyclic) bond motifs is 1. The third-order valence-corrected chi connectivity index (χ3v) is 3.98. The Hall–Kier alpha value is -0.750. The van der Waals surface area contributed by atoms with Gasteiger partial charge < -0.3 is 4.90 Å². The molecule has 0 aromatic carbocycles. The molecule has 0 radical (unpaired) electrons. The minimum Gasteiger partial charge on any atom is -0.309 e. The van der Waals surface area contributed by atoms with E-state index in [1.165, 1.54) is 0 Å². The Bertz CT molecular complexity index is 540. The zero-order valence-electron chi connectivity index (χ0n) is 11.6. The van der Waals surface area contributed by atoms with E-state index in [1.54, 1.807) is 11.3 Å². The molecule has 2 rings (SSSR count). The first-order chi connectivity index (χ1) is 9.06. The summed E-state index contributed by atoms with van der Waals surface area (Å²) in [5.41, 5.74) is 0. The van der Waals surface area contributed by atoms with Crippen LogP contribution in [0.2, 0.25) is 5.15 Å². The standard InChI is InChI=1S/C13H19ClN4S/c1-17(2)6-4-7-18(3)9-11-15-12(14)10-5-8-19-13(10)16-11/h5,8H,4,6-7,9H2,1-3H3. The summed E-state index contributed by atoms with van der Waals surface area (Å²) >= 11 is 7.77. The Kier molecular flexibility index (Phi) is 5.10. The summed E-state index contributed by atoms with van der Waals surface area (Å²) in [6.45, 7) is 2.86. The molecule has 19 heavy (non-hydrogen) atoms. The van der Waals surface area contributed by atoms with Crippen LogP contribution < -0.4 is 0 Å². The van der Waals surface area contributed by atoms with Gasteiger partial charge in [0.05, 0.1) is 6.54 Å². The molecule has 0 atom stereocenters. The number of hydrogen-bond acceptors (Lipinski definition) is 5. The van der Waals surface area contributed by atoms with E-state index in [0.29, 0.717) is 5.15 Å². The van der Waals surface area contributed by atoms with Crippen LogP contribution in [0.3, 0.4) is 0 Å². The van der Waals surface area contributed by atoms with Gasteiger partial charge in [-0.05, 0) is 52.1 Å². The summed E-state index contributed by atoms with van der Waals surface area (Å²) in [6.07, 6.45) is 1.14. The number of nitrogens with zero attached hydrogens (tertiary/aromatic N) is 4. The van der Waals surface area contributed by atoms with E-state index in [-0.39, 0.29) is 0 Å². The van der Waals surface area contributed by atoms with Crippen molar-refractivity contribution in [2.24, 2.45) is 0 Å². The van der Waals surface area contributed by atoms with Crippen molar-refractivity contribution in [2.45, 2.75) is 13.0 Å². The lowest BCUT2D eigenvalue weighted by Gasteiger charge is -2.17. The van der Waals surface area contributed by atoms with Gasteiger partial charge in [-0.1, -0.05) is 11.6 Å². The molecule has 0 unspecified atom stereocenters. The molecule has 0 N–H and O–H groups in total. The second-order valence-corrected chi connectivity index (χ2v) is 6.22. The average Bonchev–Trinajstić information content (AvgIpc) is 2.76. The maximum atomic E-state index is 6.16. The molecule has 2 heterocycles. The van der Waals surface area contributed by atoms with E-state index < -0.39 is 0 Å². The van der Waals surface area contributed by atoms with Crippen LogP contribution in [0.1, 0.15) is 12.2 Å². The van der Waals surface area contributed by atoms with Crippen molar-refractivity contribution in [3.63, 3.8) is 0 Å².